The summed E-state index contributed by atoms with van der Waals surface area (Å²) in [5.74, 6) is 0.0172. The van der Waals surface area contributed by atoms with E-state index in [4.69, 9.17) is 10.1 Å². The fourth-order valence-electron chi connectivity index (χ4n) is 4.34. The maximum atomic E-state index is 12.6. The van der Waals surface area contributed by atoms with Crippen molar-refractivity contribution in [2.45, 2.75) is 13.8 Å². The average Bonchev–Trinajstić information content (AvgIpc) is 3.34. The van der Waals surface area contributed by atoms with Crippen molar-refractivity contribution in [3.8, 4) is 22.4 Å². The molecule has 2 aliphatic carbocycles. The third kappa shape index (κ3) is 4.16. The second-order valence-electron chi connectivity index (χ2n) is 8.12. The topological polar surface area (TPSA) is 67.3 Å². The molecule has 6 rings (SSSR count). The second-order valence-corrected chi connectivity index (χ2v) is 8.12. The number of pyridine rings is 1. The Morgan fingerprint density at radius 1 is 0.912 bits per heavy atom. The van der Waals surface area contributed by atoms with E-state index in [1.807, 2.05) is 48.5 Å². The van der Waals surface area contributed by atoms with Gasteiger partial charge in [-0.15, -0.1) is 23.8 Å². The van der Waals surface area contributed by atoms with Gasteiger partial charge in [-0.2, -0.15) is 0 Å². The van der Waals surface area contributed by atoms with Crippen molar-refractivity contribution in [1.29, 1.82) is 0 Å². The van der Waals surface area contributed by atoms with Crippen LogP contribution in [0.25, 0.3) is 45.4 Å². The molecule has 1 N–H and O–H groups in total. The first-order chi connectivity index (χ1) is 15.9. The van der Waals surface area contributed by atoms with Crippen molar-refractivity contribution in [2.24, 2.45) is 0 Å². The number of allylic oxidation sites excluding steroid dienone is 2. The third-order valence-electron chi connectivity index (χ3n) is 5.68. The second kappa shape index (κ2) is 9.30. The molecular weight excluding hydrogens is 603 g/mol. The molecule has 1 radical (unpaired) electrons. The zero-order valence-corrected chi connectivity index (χ0v) is 20.9. The van der Waals surface area contributed by atoms with Crippen LogP contribution in [0.2, 0.25) is 0 Å². The van der Waals surface area contributed by atoms with Crippen LogP contribution >= 0.6 is 0 Å². The van der Waals surface area contributed by atoms with Gasteiger partial charge in [-0.3, -0.25) is 14.6 Å². The van der Waals surface area contributed by atoms with Crippen LogP contribution in [0.1, 0.15) is 40.9 Å². The molecule has 0 atom stereocenters. The van der Waals surface area contributed by atoms with Crippen molar-refractivity contribution < 1.29 is 34.8 Å². The molecule has 0 fully saturated rings. The summed E-state index contributed by atoms with van der Waals surface area (Å²) in [7, 11) is 0. The van der Waals surface area contributed by atoms with Crippen LogP contribution in [-0.4, -0.2) is 21.7 Å². The van der Waals surface area contributed by atoms with Crippen LogP contribution in [0.4, 0.5) is 0 Å². The zero-order valence-electron chi connectivity index (χ0n) is 18.5. The Labute approximate surface area is 211 Å². The van der Waals surface area contributed by atoms with Gasteiger partial charge in [-0.05, 0) is 42.3 Å². The molecule has 1 aromatic heterocycles. The molecule has 34 heavy (non-hydrogen) atoms. The molecule has 0 saturated carbocycles. The molecule has 0 unspecified atom stereocenters. The minimum Gasteiger partial charge on any atom is -0.512 e. The van der Waals surface area contributed by atoms with Gasteiger partial charge in [0.05, 0.1) is 11.3 Å². The number of ketones is 2. The summed E-state index contributed by atoms with van der Waals surface area (Å²) in [5, 5.41) is 9.57. The smallest absolute Gasteiger partial charge is 0.155 e. The summed E-state index contributed by atoms with van der Waals surface area (Å²) >= 11 is 0. The van der Waals surface area contributed by atoms with Gasteiger partial charge in [0.2, 0.25) is 0 Å². The van der Waals surface area contributed by atoms with Crippen LogP contribution < -0.4 is 0 Å². The van der Waals surface area contributed by atoms with Gasteiger partial charge in [0.25, 0.3) is 0 Å². The van der Waals surface area contributed by atoms with E-state index in [-0.39, 0.29) is 37.4 Å². The quantitative estimate of drug-likeness (QED) is 0.137. The Hall–Kier alpha value is -3.66. The summed E-state index contributed by atoms with van der Waals surface area (Å²) in [6, 6.07) is 23.2. The zero-order chi connectivity index (χ0) is 23.1. The van der Waals surface area contributed by atoms with E-state index in [1.54, 1.807) is 0 Å². The first kappa shape index (κ1) is 23.5. The average molecular weight is 623 g/mol. The van der Waals surface area contributed by atoms with Gasteiger partial charge in [0, 0.05) is 37.1 Å². The van der Waals surface area contributed by atoms with Crippen molar-refractivity contribution in [3.05, 3.63) is 101 Å². The molecule has 0 saturated heterocycles. The first-order valence-corrected chi connectivity index (χ1v) is 10.6. The molecule has 0 bridgehead atoms. The maximum absolute atomic E-state index is 12.6. The Bertz CT molecular complexity index is 1530. The molecule has 0 spiro atoms. The van der Waals surface area contributed by atoms with Crippen molar-refractivity contribution >= 4 is 34.6 Å². The molecular formula is C29H20IrNO3-. The van der Waals surface area contributed by atoms with Crippen LogP contribution in [0.5, 0.6) is 0 Å². The normalized spacial score (nSPS) is 12.5. The van der Waals surface area contributed by atoms with Gasteiger partial charge < -0.3 is 5.11 Å². The number of aromatic nitrogens is 1. The number of nitrogens with zero attached hydrogens (tertiary/aromatic N) is 1. The predicted molar refractivity (Wildman–Crippen MR) is 131 cm³/mol. The fourth-order valence-corrected chi connectivity index (χ4v) is 4.34. The Morgan fingerprint density at radius 2 is 1.65 bits per heavy atom. The number of aliphatic hydroxyl groups is 1. The number of hydrogen-bond acceptors (Lipinski definition) is 4. The number of carbonyl (C=O) groups excluding carboxylic acids is 2. The van der Waals surface area contributed by atoms with E-state index in [1.165, 1.54) is 36.4 Å². The number of fused-ring (bicyclic) bond motifs is 3. The van der Waals surface area contributed by atoms with E-state index in [9.17, 15) is 9.59 Å². The predicted octanol–water partition coefficient (Wildman–Crippen LogP) is 6.43. The summed E-state index contributed by atoms with van der Waals surface area (Å²) in [4.78, 5) is 27.4. The van der Waals surface area contributed by atoms with E-state index in [0.717, 1.165) is 39.0 Å². The summed E-state index contributed by atoms with van der Waals surface area (Å²) in [6.07, 6.45) is 5.43. The van der Waals surface area contributed by atoms with E-state index in [2.05, 4.69) is 30.4 Å². The monoisotopic (exact) mass is 623 g/mol. The van der Waals surface area contributed by atoms with Crippen LogP contribution in [0.3, 0.4) is 0 Å². The maximum Gasteiger partial charge on any atom is 0.155 e. The summed E-state index contributed by atoms with van der Waals surface area (Å²) < 4.78 is 0. The van der Waals surface area contributed by atoms with Gasteiger partial charge in [-0.1, -0.05) is 65.7 Å². The van der Waals surface area contributed by atoms with Gasteiger partial charge in [-0.25, -0.2) is 0 Å². The van der Waals surface area contributed by atoms with Crippen LogP contribution in [0.15, 0.2) is 72.5 Å². The summed E-state index contributed by atoms with van der Waals surface area (Å²) in [5.41, 5.74) is 8.66. The minimum absolute atomic E-state index is 0. The van der Waals surface area contributed by atoms with E-state index in [0.29, 0.717) is 0 Å². The SMILES string of the molecule is CC(=O)C=C(C)O.O=C1c2ccccc2-c2cc(-c3cc4c5c(cccc5n3)C=C4)[c-]cc21.[Ir]. The van der Waals surface area contributed by atoms with E-state index >= 15 is 0 Å². The molecule has 4 aromatic rings. The number of benzene rings is 3. The molecule has 3 aromatic carbocycles. The van der Waals surface area contributed by atoms with Crippen molar-refractivity contribution in [1.82, 2.24) is 4.98 Å². The number of carbonyl (C=O) groups is 2. The van der Waals surface area contributed by atoms with Gasteiger partial charge >= 0.3 is 0 Å². The van der Waals surface area contributed by atoms with Crippen LogP contribution in [0, 0.1) is 6.07 Å². The Balaban J connectivity index is 0.000000303. The molecule has 1 heterocycles. The molecule has 4 nitrogen and oxygen atoms in total. The van der Waals surface area contributed by atoms with Gasteiger partial charge in [0.15, 0.2) is 11.6 Å². The van der Waals surface area contributed by atoms with E-state index < -0.39 is 0 Å². The Kier molecular flexibility index (Phi) is 6.43. The molecule has 169 valence electrons. The van der Waals surface area contributed by atoms with Gasteiger partial charge in [0.1, 0.15) is 0 Å². The van der Waals surface area contributed by atoms with Crippen LogP contribution in [-0.2, 0) is 24.9 Å². The summed E-state index contributed by atoms with van der Waals surface area (Å²) in [6.45, 7) is 2.85. The largest absolute Gasteiger partial charge is 0.512 e. The molecule has 5 heteroatoms. The van der Waals surface area contributed by atoms with Crippen molar-refractivity contribution in [3.63, 3.8) is 0 Å². The number of rotatable bonds is 2. The Morgan fingerprint density at radius 3 is 2.35 bits per heavy atom. The fraction of sp³-hybridized carbons (Fsp3) is 0.0690. The standard InChI is InChI=1S/C24H12NO.C5H8O2.Ir/c26-24-18-6-2-1-5-17(18)20-12-15(10-11-19(20)24)22-13-16-9-8-14-4-3-7-21(25-22)23(14)16;1-4(6)3-5(2)7;/h1-9,11-13H;3,6H,1-2H3;/q-1;;. The van der Waals surface area contributed by atoms with Crippen molar-refractivity contribution in [2.75, 3.05) is 0 Å². The first-order valence-electron chi connectivity index (χ1n) is 10.6. The molecule has 2 aliphatic rings. The minimum atomic E-state index is -0.125. The number of hydrogen-bond donors (Lipinski definition) is 1. The number of aliphatic hydroxyl groups excluding tert-OH is 1. The third-order valence-corrected chi connectivity index (χ3v) is 5.68. The molecule has 0 aliphatic heterocycles. The molecule has 0 amide bonds.